The fourth-order valence-corrected chi connectivity index (χ4v) is 2.46. The maximum absolute atomic E-state index is 14.1. The van der Waals surface area contributed by atoms with Crippen LogP contribution in [0, 0.1) is 18.6 Å². The van der Waals surface area contributed by atoms with E-state index in [1.54, 1.807) is 6.92 Å². The van der Waals surface area contributed by atoms with E-state index in [1.165, 1.54) is 47.1 Å². The Balaban J connectivity index is 1.74. The van der Waals surface area contributed by atoms with Gasteiger partial charge in [-0.05, 0) is 53.2 Å². The number of carbonyl (C=O) groups is 1. The Bertz CT molecular complexity index is 945. The second-order valence-electron chi connectivity index (χ2n) is 5.69. The number of aliphatic hydroxyl groups is 1. The van der Waals surface area contributed by atoms with Crippen molar-refractivity contribution in [1.82, 2.24) is 25.5 Å². The molecular weight excluding hydrogens is 358 g/mol. The summed E-state index contributed by atoms with van der Waals surface area (Å²) in [7, 11) is 0. The van der Waals surface area contributed by atoms with Gasteiger partial charge >= 0.3 is 6.03 Å². The quantitative estimate of drug-likeness (QED) is 0.634. The minimum atomic E-state index is -0.729. The first-order valence-electron chi connectivity index (χ1n) is 7.96. The second-order valence-corrected chi connectivity index (χ2v) is 5.69. The molecule has 0 spiro atoms. The van der Waals surface area contributed by atoms with Crippen molar-refractivity contribution in [3.8, 4) is 5.69 Å². The number of nitrogens with one attached hydrogen (secondary N) is 2. The smallest absolute Gasteiger partial charge is 0.319 e. The fourth-order valence-electron chi connectivity index (χ4n) is 2.46. The maximum Gasteiger partial charge on any atom is 0.319 e. The molecule has 0 aliphatic rings. The molecule has 0 saturated heterocycles. The molecule has 3 N–H and O–H groups in total. The van der Waals surface area contributed by atoms with Gasteiger partial charge in [0.15, 0.2) is 5.82 Å². The van der Waals surface area contributed by atoms with Crippen LogP contribution >= 0.6 is 0 Å². The summed E-state index contributed by atoms with van der Waals surface area (Å²) < 4.78 is 28.3. The van der Waals surface area contributed by atoms with Crippen molar-refractivity contribution in [3.63, 3.8) is 0 Å². The number of aliphatic hydroxyl groups excluding tert-OH is 1. The van der Waals surface area contributed by atoms with Crippen LogP contribution in [0.15, 0.2) is 42.5 Å². The van der Waals surface area contributed by atoms with E-state index in [0.717, 1.165) is 0 Å². The van der Waals surface area contributed by atoms with Crippen molar-refractivity contribution in [2.75, 3.05) is 11.9 Å². The third kappa shape index (κ3) is 4.23. The predicted octanol–water partition coefficient (Wildman–Crippen LogP) is 2.10. The normalized spacial score (nSPS) is 11.9. The van der Waals surface area contributed by atoms with Crippen LogP contribution in [0.3, 0.4) is 0 Å². The third-order valence-electron chi connectivity index (χ3n) is 3.82. The van der Waals surface area contributed by atoms with Gasteiger partial charge in [0.25, 0.3) is 0 Å². The molecule has 1 heterocycles. The minimum absolute atomic E-state index is 0.0764. The van der Waals surface area contributed by atoms with E-state index in [0.29, 0.717) is 17.1 Å². The van der Waals surface area contributed by atoms with Gasteiger partial charge in [-0.3, -0.25) is 0 Å². The number of tetrazole rings is 1. The number of urea groups is 1. The summed E-state index contributed by atoms with van der Waals surface area (Å²) in [4.78, 5) is 12.2. The van der Waals surface area contributed by atoms with Crippen molar-refractivity contribution in [2.45, 2.75) is 13.0 Å². The van der Waals surface area contributed by atoms with Crippen molar-refractivity contribution in [1.29, 1.82) is 0 Å². The summed E-state index contributed by atoms with van der Waals surface area (Å²) in [5.74, 6) is -0.598. The van der Waals surface area contributed by atoms with Gasteiger partial charge in [0.1, 0.15) is 17.3 Å². The number of anilines is 1. The highest BCUT2D eigenvalue weighted by Gasteiger charge is 2.15. The molecule has 10 heteroatoms. The Labute approximate surface area is 152 Å². The molecule has 0 aliphatic carbocycles. The molecule has 27 heavy (non-hydrogen) atoms. The van der Waals surface area contributed by atoms with Crippen molar-refractivity contribution in [3.05, 3.63) is 65.5 Å². The van der Waals surface area contributed by atoms with Crippen molar-refractivity contribution < 1.29 is 18.7 Å². The van der Waals surface area contributed by atoms with E-state index < -0.39 is 23.7 Å². The summed E-state index contributed by atoms with van der Waals surface area (Å²) in [6.07, 6.45) is 0. The number of hydrogen-bond donors (Lipinski definition) is 3. The molecule has 2 amide bonds. The van der Waals surface area contributed by atoms with Crippen LogP contribution in [-0.2, 0) is 0 Å². The number of halogens is 2. The summed E-state index contributed by atoms with van der Waals surface area (Å²) in [6, 6.07) is 7.98. The average molecular weight is 374 g/mol. The summed E-state index contributed by atoms with van der Waals surface area (Å²) in [5.41, 5.74) is 0.917. The van der Waals surface area contributed by atoms with Crippen LogP contribution < -0.4 is 10.6 Å². The molecule has 0 fully saturated rings. The topological polar surface area (TPSA) is 105 Å². The summed E-state index contributed by atoms with van der Waals surface area (Å²) in [6.45, 7) is 1.23. The molecule has 8 nitrogen and oxygen atoms in total. The molecule has 0 radical (unpaired) electrons. The lowest BCUT2D eigenvalue weighted by Crippen LogP contribution is -2.34. The number of nitrogens with zero attached hydrogens (tertiary/aromatic N) is 4. The van der Waals surface area contributed by atoms with Gasteiger partial charge in [0, 0.05) is 5.69 Å². The Morgan fingerprint density at radius 2 is 1.96 bits per heavy atom. The molecule has 3 aromatic rings. The van der Waals surface area contributed by atoms with Gasteiger partial charge in [0.2, 0.25) is 0 Å². The zero-order chi connectivity index (χ0) is 19.4. The number of hydrogen-bond acceptors (Lipinski definition) is 5. The third-order valence-corrected chi connectivity index (χ3v) is 3.82. The molecule has 0 saturated carbocycles. The molecule has 0 bridgehead atoms. The van der Waals surface area contributed by atoms with E-state index in [9.17, 15) is 18.7 Å². The van der Waals surface area contributed by atoms with Crippen LogP contribution in [0.4, 0.5) is 19.3 Å². The molecule has 1 atom stereocenters. The number of carbonyl (C=O) groups excluding carboxylic acids is 1. The zero-order valence-electron chi connectivity index (χ0n) is 14.2. The van der Waals surface area contributed by atoms with Gasteiger partial charge in [-0.25, -0.2) is 13.6 Å². The largest absolute Gasteiger partial charge is 0.394 e. The number of amides is 2. The first kappa shape index (κ1) is 18.4. The van der Waals surface area contributed by atoms with Gasteiger partial charge in [-0.1, -0.05) is 12.1 Å². The van der Waals surface area contributed by atoms with E-state index in [4.69, 9.17) is 0 Å². The molecular formula is C17H16F2N6O2. The average Bonchev–Trinajstić information content (AvgIpc) is 3.08. The van der Waals surface area contributed by atoms with E-state index in [2.05, 4.69) is 26.2 Å². The van der Waals surface area contributed by atoms with Crippen molar-refractivity contribution in [2.24, 2.45) is 0 Å². The van der Waals surface area contributed by atoms with Crippen LogP contribution in [0.1, 0.15) is 17.4 Å². The highest BCUT2D eigenvalue weighted by Crippen LogP contribution is 2.19. The Hall–Kier alpha value is -3.40. The van der Waals surface area contributed by atoms with Crippen LogP contribution in [0.2, 0.25) is 0 Å². The van der Waals surface area contributed by atoms with Gasteiger partial charge in [-0.2, -0.15) is 4.68 Å². The molecule has 0 aliphatic heterocycles. The zero-order valence-corrected chi connectivity index (χ0v) is 14.2. The van der Waals surface area contributed by atoms with Crippen LogP contribution in [-0.4, -0.2) is 38.0 Å². The fraction of sp³-hybridized carbons (Fsp3) is 0.176. The molecule has 3 rings (SSSR count). The highest BCUT2D eigenvalue weighted by molar-refractivity contribution is 5.89. The molecule has 1 aromatic heterocycles. The first-order chi connectivity index (χ1) is 13.0. The number of benzene rings is 2. The molecule has 140 valence electrons. The van der Waals surface area contributed by atoms with Gasteiger partial charge < -0.3 is 15.7 Å². The molecule has 1 unspecified atom stereocenters. The lowest BCUT2D eigenvalue weighted by atomic mass is 10.1. The minimum Gasteiger partial charge on any atom is -0.394 e. The van der Waals surface area contributed by atoms with E-state index in [1.807, 2.05) is 0 Å². The highest BCUT2D eigenvalue weighted by atomic mass is 19.1. The monoisotopic (exact) mass is 374 g/mol. The van der Waals surface area contributed by atoms with Crippen LogP contribution in [0.5, 0.6) is 0 Å². The Morgan fingerprint density at radius 3 is 2.59 bits per heavy atom. The van der Waals surface area contributed by atoms with Gasteiger partial charge in [0.05, 0.1) is 12.6 Å². The standard InChI is InChI=1S/C17H16F2N6O2/c1-10-22-23-24-25(10)16-8-13(6-7-14(16)19)20-17(27)21-15(9-26)11-2-4-12(18)5-3-11/h2-8,15,26H,9H2,1H3,(H2,20,21,27). The number of aryl methyl sites for hydroxylation is 1. The SMILES string of the molecule is Cc1nnnn1-c1cc(NC(=O)NC(CO)c2ccc(F)cc2)ccc1F. The van der Waals surface area contributed by atoms with Crippen molar-refractivity contribution >= 4 is 11.7 Å². The van der Waals surface area contributed by atoms with E-state index in [-0.39, 0.29) is 12.3 Å². The predicted molar refractivity (Wildman–Crippen MR) is 92.2 cm³/mol. The lowest BCUT2D eigenvalue weighted by molar-refractivity contribution is 0.225. The summed E-state index contributed by atoms with van der Waals surface area (Å²) >= 11 is 0. The summed E-state index contributed by atoms with van der Waals surface area (Å²) in [5, 5.41) is 25.5. The second kappa shape index (κ2) is 7.87. The maximum atomic E-state index is 14.1. The Kier molecular flexibility index (Phi) is 5.36. The number of rotatable bonds is 5. The lowest BCUT2D eigenvalue weighted by Gasteiger charge is -2.17. The van der Waals surface area contributed by atoms with E-state index >= 15 is 0 Å². The Morgan fingerprint density at radius 1 is 1.22 bits per heavy atom. The number of aromatic nitrogens is 4. The van der Waals surface area contributed by atoms with Crippen LogP contribution in [0.25, 0.3) is 5.69 Å². The molecule has 2 aromatic carbocycles. The van der Waals surface area contributed by atoms with Gasteiger partial charge in [-0.15, -0.1) is 5.10 Å². The first-order valence-corrected chi connectivity index (χ1v) is 7.96.